The van der Waals surface area contributed by atoms with Crippen molar-refractivity contribution in [3.05, 3.63) is 28.2 Å². The maximum absolute atomic E-state index is 5.97. The third-order valence-electron chi connectivity index (χ3n) is 2.46. The van der Waals surface area contributed by atoms with Crippen molar-refractivity contribution in [1.82, 2.24) is 5.32 Å². The van der Waals surface area contributed by atoms with E-state index in [0.717, 1.165) is 23.6 Å². The van der Waals surface area contributed by atoms with Gasteiger partial charge in [-0.2, -0.15) is 0 Å². The Bertz CT molecular complexity index is 324. The smallest absolute Gasteiger partial charge is 0.0431 e. The number of halogens is 2. The summed E-state index contributed by atoms with van der Waals surface area (Å²) < 4.78 is 0. The first kappa shape index (κ1) is 15.2. The van der Waals surface area contributed by atoms with Gasteiger partial charge in [-0.3, -0.25) is 0 Å². The lowest BCUT2D eigenvalue weighted by molar-refractivity contribution is 0.539. The average molecular weight is 292 g/mol. The number of thioether (sulfide) groups is 1. The minimum Gasteiger partial charge on any atom is -0.313 e. The number of hydrogen-bond donors (Lipinski definition) is 1. The van der Waals surface area contributed by atoms with Crippen molar-refractivity contribution in [2.45, 2.75) is 37.6 Å². The van der Waals surface area contributed by atoms with E-state index in [4.69, 9.17) is 23.2 Å². The molecule has 1 unspecified atom stereocenters. The van der Waals surface area contributed by atoms with E-state index in [-0.39, 0.29) is 0 Å². The highest BCUT2D eigenvalue weighted by Gasteiger charge is 2.06. The minimum atomic E-state index is 0.553. The standard InChI is InChI=1S/C13H19Cl2NS/c1-3-5-16-12(4-2)9-17-13-7-10(14)6-11(15)8-13/h6-8,12,16H,3-5,9H2,1-2H3. The Morgan fingerprint density at radius 2 is 1.82 bits per heavy atom. The molecule has 1 aromatic carbocycles. The van der Waals surface area contributed by atoms with Gasteiger partial charge in [0.25, 0.3) is 0 Å². The van der Waals surface area contributed by atoms with Gasteiger partial charge in [0, 0.05) is 26.7 Å². The van der Waals surface area contributed by atoms with Crippen LogP contribution >= 0.6 is 35.0 Å². The Kier molecular flexibility index (Phi) is 7.36. The second-order valence-corrected chi connectivity index (χ2v) is 5.94. The van der Waals surface area contributed by atoms with Crippen LogP contribution in [-0.4, -0.2) is 18.3 Å². The summed E-state index contributed by atoms with van der Waals surface area (Å²) >= 11 is 13.7. The molecule has 0 radical (unpaired) electrons. The topological polar surface area (TPSA) is 12.0 Å². The largest absolute Gasteiger partial charge is 0.313 e. The fraction of sp³-hybridized carbons (Fsp3) is 0.538. The zero-order chi connectivity index (χ0) is 12.7. The Morgan fingerprint density at radius 3 is 2.35 bits per heavy atom. The summed E-state index contributed by atoms with van der Waals surface area (Å²) in [5.41, 5.74) is 0. The van der Waals surface area contributed by atoms with E-state index < -0.39 is 0 Å². The van der Waals surface area contributed by atoms with Crippen LogP contribution in [0, 0.1) is 0 Å². The van der Waals surface area contributed by atoms with Crippen LogP contribution in [0.5, 0.6) is 0 Å². The molecule has 0 aliphatic carbocycles. The third-order valence-corrected chi connectivity index (χ3v) is 4.04. The molecular weight excluding hydrogens is 273 g/mol. The second-order valence-electron chi connectivity index (χ2n) is 3.98. The fourth-order valence-corrected chi connectivity index (χ4v) is 3.30. The molecule has 17 heavy (non-hydrogen) atoms. The van der Waals surface area contributed by atoms with E-state index in [0.29, 0.717) is 16.1 Å². The van der Waals surface area contributed by atoms with Crippen molar-refractivity contribution >= 4 is 35.0 Å². The number of nitrogens with one attached hydrogen (secondary N) is 1. The van der Waals surface area contributed by atoms with E-state index in [1.807, 2.05) is 12.1 Å². The van der Waals surface area contributed by atoms with E-state index in [2.05, 4.69) is 19.2 Å². The molecule has 1 atom stereocenters. The van der Waals surface area contributed by atoms with Crippen LogP contribution in [0.3, 0.4) is 0 Å². The Labute approximate surface area is 118 Å². The molecule has 1 nitrogen and oxygen atoms in total. The summed E-state index contributed by atoms with van der Waals surface area (Å²) in [6, 6.07) is 6.24. The van der Waals surface area contributed by atoms with Gasteiger partial charge >= 0.3 is 0 Å². The van der Waals surface area contributed by atoms with Gasteiger partial charge < -0.3 is 5.32 Å². The molecule has 0 heterocycles. The van der Waals surface area contributed by atoms with Crippen LogP contribution in [0.15, 0.2) is 23.1 Å². The summed E-state index contributed by atoms with van der Waals surface area (Å²) in [4.78, 5) is 1.14. The fourth-order valence-electron chi connectivity index (χ4n) is 1.48. The molecule has 0 bridgehead atoms. The lowest BCUT2D eigenvalue weighted by Gasteiger charge is -2.16. The van der Waals surface area contributed by atoms with Crippen molar-refractivity contribution in [1.29, 1.82) is 0 Å². The van der Waals surface area contributed by atoms with Crippen molar-refractivity contribution < 1.29 is 0 Å². The Balaban J connectivity index is 2.47. The number of benzene rings is 1. The van der Waals surface area contributed by atoms with Gasteiger partial charge in [0.1, 0.15) is 0 Å². The molecule has 0 aromatic heterocycles. The average Bonchev–Trinajstić information content (AvgIpc) is 2.28. The summed E-state index contributed by atoms with van der Waals surface area (Å²) in [6.07, 6.45) is 2.31. The van der Waals surface area contributed by atoms with Gasteiger partial charge in [0.15, 0.2) is 0 Å². The lowest BCUT2D eigenvalue weighted by atomic mass is 10.2. The lowest BCUT2D eigenvalue weighted by Crippen LogP contribution is -2.31. The summed E-state index contributed by atoms with van der Waals surface area (Å²) in [5.74, 6) is 1.05. The first-order valence-corrected chi connectivity index (χ1v) is 7.72. The predicted octanol–water partition coefficient (Wildman–Crippen LogP) is 4.86. The van der Waals surface area contributed by atoms with Crippen LogP contribution in [0.2, 0.25) is 10.0 Å². The zero-order valence-electron chi connectivity index (χ0n) is 10.3. The monoisotopic (exact) mass is 291 g/mol. The van der Waals surface area contributed by atoms with Crippen LogP contribution in [-0.2, 0) is 0 Å². The Hall–Kier alpha value is 0.110. The predicted molar refractivity (Wildman–Crippen MR) is 79.6 cm³/mol. The third kappa shape index (κ3) is 6.01. The van der Waals surface area contributed by atoms with Gasteiger partial charge in [-0.15, -0.1) is 11.8 Å². The van der Waals surface area contributed by atoms with Crippen LogP contribution < -0.4 is 5.32 Å². The maximum atomic E-state index is 5.97. The zero-order valence-corrected chi connectivity index (χ0v) is 12.6. The van der Waals surface area contributed by atoms with Crippen LogP contribution in [0.4, 0.5) is 0 Å². The molecule has 96 valence electrons. The van der Waals surface area contributed by atoms with E-state index >= 15 is 0 Å². The minimum absolute atomic E-state index is 0.553. The molecule has 0 spiro atoms. The normalized spacial score (nSPS) is 12.7. The Morgan fingerprint density at radius 1 is 1.18 bits per heavy atom. The quantitative estimate of drug-likeness (QED) is 0.720. The second kappa shape index (κ2) is 8.25. The number of hydrogen-bond acceptors (Lipinski definition) is 2. The first-order valence-electron chi connectivity index (χ1n) is 5.98. The summed E-state index contributed by atoms with van der Waals surface area (Å²) in [6.45, 7) is 5.47. The molecule has 0 aliphatic heterocycles. The number of rotatable bonds is 7. The van der Waals surface area contributed by atoms with Gasteiger partial charge in [-0.05, 0) is 37.6 Å². The van der Waals surface area contributed by atoms with Crippen LogP contribution in [0.1, 0.15) is 26.7 Å². The first-order chi connectivity index (χ1) is 8.15. The van der Waals surface area contributed by atoms with Gasteiger partial charge in [-0.1, -0.05) is 37.0 Å². The van der Waals surface area contributed by atoms with Crippen LogP contribution in [0.25, 0.3) is 0 Å². The molecule has 0 amide bonds. The molecule has 1 rings (SSSR count). The SMILES string of the molecule is CCCNC(CC)CSc1cc(Cl)cc(Cl)c1. The van der Waals surface area contributed by atoms with Gasteiger partial charge in [0.2, 0.25) is 0 Å². The highest BCUT2D eigenvalue weighted by molar-refractivity contribution is 7.99. The molecule has 0 saturated heterocycles. The molecule has 0 aliphatic rings. The van der Waals surface area contributed by atoms with E-state index in [1.54, 1.807) is 17.8 Å². The molecule has 4 heteroatoms. The molecular formula is C13H19Cl2NS. The highest BCUT2D eigenvalue weighted by Crippen LogP contribution is 2.27. The summed E-state index contributed by atoms with van der Waals surface area (Å²) in [7, 11) is 0. The molecule has 0 saturated carbocycles. The molecule has 1 N–H and O–H groups in total. The maximum Gasteiger partial charge on any atom is 0.0431 e. The molecule has 0 fully saturated rings. The van der Waals surface area contributed by atoms with Crippen molar-refractivity contribution in [2.24, 2.45) is 0 Å². The van der Waals surface area contributed by atoms with Gasteiger partial charge in [0.05, 0.1) is 0 Å². The van der Waals surface area contributed by atoms with Crippen molar-refractivity contribution in [3.63, 3.8) is 0 Å². The highest BCUT2D eigenvalue weighted by atomic mass is 35.5. The van der Waals surface area contributed by atoms with Crippen molar-refractivity contribution in [3.8, 4) is 0 Å². The van der Waals surface area contributed by atoms with E-state index in [1.165, 1.54) is 6.42 Å². The van der Waals surface area contributed by atoms with Gasteiger partial charge in [-0.25, -0.2) is 0 Å². The molecule has 1 aromatic rings. The van der Waals surface area contributed by atoms with Crippen molar-refractivity contribution in [2.75, 3.05) is 12.3 Å². The van der Waals surface area contributed by atoms with E-state index in [9.17, 15) is 0 Å². The summed E-state index contributed by atoms with van der Waals surface area (Å²) in [5, 5.41) is 4.94.